The lowest BCUT2D eigenvalue weighted by Crippen LogP contribution is -2.56. The first-order chi connectivity index (χ1) is 9.18. The molecule has 0 aliphatic heterocycles. The Labute approximate surface area is 120 Å². The lowest BCUT2D eigenvalue weighted by Gasteiger charge is -2.48. The third-order valence-electron chi connectivity index (χ3n) is 5.95. The molecule has 2 aliphatic rings. The standard InChI is InChI=1S/C17H34N2/c1-15-8-10-16(11-9-15)19(2)17(14-18)12-6-4-3-5-7-13-17/h15-16H,3-14,18H2,1-2H3. The fraction of sp³-hybridized carbons (Fsp3) is 1.00. The van der Waals surface area contributed by atoms with Crippen molar-refractivity contribution in [1.29, 1.82) is 0 Å². The molecule has 0 saturated heterocycles. The van der Waals surface area contributed by atoms with E-state index in [0.717, 1.165) is 18.5 Å². The third kappa shape index (κ3) is 3.72. The van der Waals surface area contributed by atoms with Crippen LogP contribution in [-0.4, -0.2) is 30.1 Å². The van der Waals surface area contributed by atoms with E-state index >= 15 is 0 Å². The van der Waals surface area contributed by atoms with E-state index in [1.165, 1.54) is 70.6 Å². The summed E-state index contributed by atoms with van der Waals surface area (Å²) in [5.74, 6) is 0.941. The number of likely N-dealkylation sites (N-methyl/N-ethyl adjacent to an activating group) is 1. The highest BCUT2D eigenvalue weighted by Gasteiger charge is 2.37. The second kappa shape index (κ2) is 7.08. The molecule has 0 bridgehead atoms. The lowest BCUT2D eigenvalue weighted by molar-refractivity contribution is 0.0308. The number of nitrogens with zero attached hydrogens (tertiary/aromatic N) is 1. The van der Waals surface area contributed by atoms with Gasteiger partial charge in [-0.25, -0.2) is 0 Å². The van der Waals surface area contributed by atoms with E-state index in [-0.39, 0.29) is 0 Å². The van der Waals surface area contributed by atoms with E-state index in [1.54, 1.807) is 0 Å². The maximum atomic E-state index is 6.25. The molecule has 2 aliphatic carbocycles. The molecule has 0 aromatic carbocycles. The Bertz CT molecular complexity index is 248. The molecule has 0 aromatic rings. The van der Waals surface area contributed by atoms with Crippen molar-refractivity contribution in [1.82, 2.24) is 4.90 Å². The van der Waals surface area contributed by atoms with Gasteiger partial charge in [-0.1, -0.05) is 39.0 Å². The fourth-order valence-electron chi connectivity index (χ4n) is 4.28. The van der Waals surface area contributed by atoms with Crippen LogP contribution in [0.1, 0.15) is 77.6 Å². The molecule has 0 atom stereocenters. The smallest absolute Gasteiger partial charge is 0.0331 e. The van der Waals surface area contributed by atoms with Crippen LogP contribution in [0.25, 0.3) is 0 Å². The molecule has 2 heteroatoms. The van der Waals surface area contributed by atoms with E-state index in [4.69, 9.17) is 5.73 Å². The summed E-state index contributed by atoms with van der Waals surface area (Å²) in [7, 11) is 2.37. The summed E-state index contributed by atoms with van der Waals surface area (Å²) in [6.45, 7) is 3.26. The molecule has 19 heavy (non-hydrogen) atoms. The van der Waals surface area contributed by atoms with Gasteiger partial charge in [0.1, 0.15) is 0 Å². The number of hydrogen-bond acceptors (Lipinski definition) is 2. The van der Waals surface area contributed by atoms with E-state index in [2.05, 4.69) is 18.9 Å². The van der Waals surface area contributed by atoms with Crippen LogP contribution in [0.2, 0.25) is 0 Å². The van der Waals surface area contributed by atoms with Crippen molar-refractivity contribution in [2.45, 2.75) is 89.1 Å². The molecular weight excluding hydrogens is 232 g/mol. The summed E-state index contributed by atoms with van der Waals surface area (Å²) in [5.41, 5.74) is 6.56. The van der Waals surface area contributed by atoms with Crippen LogP contribution in [-0.2, 0) is 0 Å². The van der Waals surface area contributed by atoms with Crippen molar-refractivity contribution in [3.05, 3.63) is 0 Å². The van der Waals surface area contributed by atoms with Gasteiger partial charge in [-0.05, 0) is 51.5 Å². The largest absolute Gasteiger partial charge is 0.329 e. The number of rotatable bonds is 3. The Morgan fingerprint density at radius 2 is 1.47 bits per heavy atom. The summed E-state index contributed by atoms with van der Waals surface area (Å²) in [6.07, 6.45) is 15.3. The maximum Gasteiger partial charge on any atom is 0.0331 e. The highest BCUT2D eigenvalue weighted by atomic mass is 15.2. The van der Waals surface area contributed by atoms with Gasteiger partial charge in [-0.15, -0.1) is 0 Å². The molecule has 2 fully saturated rings. The SMILES string of the molecule is CC1CCC(N(C)C2(CN)CCCCCCC2)CC1. The molecule has 112 valence electrons. The van der Waals surface area contributed by atoms with Crippen molar-refractivity contribution >= 4 is 0 Å². The molecule has 0 heterocycles. The van der Waals surface area contributed by atoms with Crippen LogP contribution in [0, 0.1) is 5.92 Å². The van der Waals surface area contributed by atoms with Crippen LogP contribution in [0.5, 0.6) is 0 Å². The van der Waals surface area contributed by atoms with Gasteiger partial charge in [0.2, 0.25) is 0 Å². The highest BCUT2D eigenvalue weighted by molar-refractivity contribution is 4.95. The zero-order valence-electron chi connectivity index (χ0n) is 13.2. The summed E-state index contributed by atoms with van der Waals surface area (Å²) in [5, 5.41) is 0. The minimum absolute atomic E-state index is 0.311. The lowest BCUT2D eigenvalue weighted by atomic mass is 9.79. The molecular formula is C17H34N2. The van der Waals surface area contributed by atoms with Crippen molar-refractivity contribution in [3.8, 4) is 0 Å². The number of nitrogens with two attached hydrogens (primary N) is 1. The maximum absolute atomic E-state index is 6.25. The molecule has 0 radical (unpaired) electrons. The second-order valence-electron chi connectivity index (χ2n) is 7.22. The average Bonchev–Trinajstić information content (AvgIpc) is 2.39. The molecule has 0 amide bonds. The van der Waals surface area contributed by atoms with Crippen LogP contribution < -0.4 is 5.73 Å². The quantitative estimate of drug-likeness (QED) is 0.838. The van der Waals surface area contributed by atoms with Crippen molar-refractivity contribution in [2.75, 3.05) is 13.6 Å². The minimum atomic E-state index is 0.311. The van der Waals surface area contributed by atoms with Crippen LogP contribution >= 0.6 is 0 Å². The Hall–Kier alpha value is -0.0800. The van der Waals surface area contributed by atoms with E-state index in [9.17, 15) is 0 Å². The van der Waals surface area contributed by atoms with E-state index in [1.807, 2.05) is 0 Å². The second-order valence-corrected chi connectivity index (χ2v) is 7.22. The van der Waals surface area contributed by atoms with Gasteiger partial charge in [-0.2, -0.15) is 0 Å². The zero-order chi connectivity index (χ0) is 13.7. The summed E-state index contributed by atoms with van der Waals surface area (Å²) < 4.78 is 0. The molecule has 0 aromatic heterocycles. The van der Waals surface area contributed by atoms with Crippen LogP contribution in [0.3, 0.4) is 0 Å². The monoisotopic (exact) mass is 266 g/mol. The van der Waals surface area contributed by atoms with Gasteiger partial charge in [0, 0.05) is 18.1 Å². The van der Waals surface area contributed by atoms with Gasteiger partial charge < -0.3 is 5.73 Å². The normalized spacial score (nSPS) is 32.8. The predicted octanol–water partition coefficient (Wildman–Crippen LogP) is 3.94. The van der Waals surface area contributed by atoms with Crippen LogP contribution in [0.4, 0.5) is 0 Å². The molecule has 2 nitrogen and oxygen atoms in total. The van der Waals surface area contributed by atoms with E-state index in [0.29, 0.717) is 5.54 Å². The minimum Gasteiger partial charge on any atom is -0.329 e. The Morgan fingerprint density at radius 3 is 2.00 bits per heavy atom. The van der Waals surface area contributed by atoms with Crippen molar-refractivity contribution in [2.24, 2.45) is 11.7 Å². The Kier molecular flexibility index (Phi) is 5.70. The van der Waals surface area contributed by atoms with E-state index < -0.39 is 0 Å². The topological polar surface area (TPSA) is 29.3 Å². The highest BCUT2D eigenvalue weighted by Crippen LogP contribution is 2.36. The molecule has 0 spiro atoms. The molecule has 0 unspecified atom stereocenters. The Morgan fingerprint density at radius 1 is 0.947 bits per heavy atom. The first-order valence-corrected chi connectivity index (χ1v) is 8.61. The summed E-state index contributed by atoms with van der Waals surface area (Å²) >= 11 is 0. The first-order valence-electron chi connectivity index (χ1n) is 8.61. The van der Waals surface area contributed by atoms with Gasteiger partial charge in [0.05, 0.1) is 0 Å². The average molecular weight is 266 g/mol. The van der Waals surface area contributed by atoms with Gasteiger partial charge >= 0.3 is 0 Å². The first kappa shape index (κ1) is 15.3. The molecule has 2 rings (SSSR count). The van der Waals surface area contributed by atoms with Gasteiger partial charge in [0.15, 0.2) is 0 Å². The van der Waals surface area contributed by atoms with Gasteiger partial charge in [0.25, 0.3) is 0 Å². The third-order valence-corrected chi connectivity index (χ3v) is 5.95. The molecule has 2 N–H and O–H groups in total. The summed E-state index contributed by atoms with van der Waals surface area (Å²) in [4.78, 5) is 2.71. The van der Waals surface area contributed by atoms with Gasteiger partial charge in [-0.3, -0.25) is 4.90 Å². The fourth-order valence-corrected chi connectivity index (χ4v) is 4.28. The number of hydrogen-bond donors (Lipinski definition) is 1. The van der Waals surface area contributed by atoms with Crippen molar-refractivity contribution in [3.63, 3.8) is 0 Å². The van der Waals surface area contributed by atoms with Crippen molar-refractivity contribution < 1.29 is 0 Å². The predicted molar refractivity (Wildman–Crippen MR) is 83.3 cm³/mol. The van der Waals surface area contributed by atoms with Crippen LogP contribution in [0.15, 0.2) is 0 Å². The Balaban J connectivity index is 2.01. The molecule has 2 saturated carbocycles. The summed E-state index contributed by atoms with van der Waals surface area (Å²) in [6, 6.07) is 0.791. The zero-order valence-corrected chi connectivity index (χ0v) is 13.2.